The Morgan fingerprint density at radius 1 is 0.870 bits per heavy atom. The molecular weight excluding hydrogens is 286 g/mol. The minimum atomic E-state index is 0.740. The van der Waals surface area contributed by atoms with E-state index >= 15 is 0 Å². The number of para-hydroxylation sites is 1. The lowest BCUT2D eigenvalue weighted by atomic mass is 10.00. The van der Waals surface area contributed by atoms with Crippen LogP contribution in [-0.4, -0.2) is 31.7 Å². The van der Waals surface area contributed by atoms with Gasteiger partial charge in [-0.25, -0.2) is 0 Å². The minimum Gasteiger partial charge on any atom is -0.494 e. The number of fused-ring (bicyclic) bond motifs is 1. The Hall–Kier alpha value is -2.00. The van der Waals surface area contributed by atoms with Crippen LogP contribution in [0.4, 0.5) is 0 Å². The molecule has 0 N–H and O–H groups in total. The number of nitrogens with zero attached hydrogens (tertiary/aromatic N) is 1. The minimum absolute atomic E-state index is 0.740. The van der Waals surface area contributed by atoms with Crippen molar-refractivity contribution in [1.82, 2.24) is 4.90 Å². The first-order valence-corrected chi connectivity index (χ1v) is 8.42. The van der Waals surface area contributed by atoms with Crippen LogP contribution in [-0.2, 0) is 13.0 Å². The third-order valence-corrected chi connectivity index (χ3v) is 4.20. The van der Waals surface area contributed by atoms with Crippen molar-refractivity contribution in [2.24, 2.45) is 0 Å². The lowest BCUT2D eigenvalue weighted by Crippen LogP contribution is -2.26. The molecule has 2 aromatic rings. The van der Waals surface area contributed by atoms with Crippen molar-refractivity contribution in [2.45, 2.75) is 25.8 Å². The molecule has 3 heteroatoms. The van der Waals surface area contributed by atoms with Crippen molar-refractivity contribution in [1.29, 1.82) is 0 Å². The monoisotopic (exact) mass is 311 g/mol. The van der Waals surface area contributed by atoms with Gasteiger partial charge in [-0.05, 0) is 61.7 Å². The Labute approximate surface area is 138 Å². The number of rotatable bonds is 7. The molecule has 0 saturated heterocycles. The Kier molecular flexibility index (Phi) is 5.54. The molecule has 0 saturated carbocycles. The first-order valence-electron chi connectivity index (χ1n) is 8.42. The fraction of sp³-hybridized carbons (Fsp3) is 0.400. The summed E-state index contributed by atoms with van der Waals surface area (Å²) in [6, 6.07) is 16.5. The van der Waals surface area contributed by atoms with Gasteiger partial charge >= 0.3 is 0 Å². The smallest absolute Gasteiger partial charge is 0.119 e. The fourth-order valence-corrected chi connectivity index (χ4v) is 2.86. The van der Waals surface area contributed by atoms with Gasteiger partial charge in [-0.3, -0.25) is 0 Å². The highest BCUT2D eigenvalue weighted by Crippen LogP contribution is 2.23. The average molecular weight is 311 g/mol. The molecule has 0 atom stereocenters. The molecule has 0 aromatic heterocycles. The second kappa shape index (κ2) is 8.02. The van der Waals surface area contributed by atoms with Gasteiger partial charge in [-0.1, -0.05) is 24.3 Å². The highest BCUT2D eigenvalue weighted by molar-refractivity contribution is 5.37. The molecule has 0 spiro atoms. The first kappa shape index (κ1) is 15.9. The van der Waals surface area contributed by atoms with Gasteiger partial charge in [-0.2, -0.15) is 0 Å². The van der Waals surface area contributed by atoms with Crippen molar-refractivity contribution in [2.75, 3.05) is 26.8 Å². The highest BCUT2D eigenvalue weighted by atomic mass is 16.5. The zero-order valence-electron chi connectivity index (χ0n) is 13.8. The molecule has 0 radical (unpaired) electrons. The number of unbranched alkanes of at least 4 members (excludes halogenated alkanes) is 1. The summed E-state index contributed by atoms with van der Waals surface area (Å²) >= 11 is 0. The number of likely N-dealkylation sites (N-methyl/N-ethyl adjacent to an activating group) is 1. The van der Waals surface area contributed by atoms with Crippen molar-refractivity contribution >= 4 is 0 Å². The largest absolute Gasteiger partial charge is 0.494 e. The van der Waals surface area contributed by atoms with Crippen molar-refractivity contribution in [3.05, 3.63) is 59.7 Å². The molecule has 122 valence electrons. The molecule has 23 heavy (non-hydrogen) atoms. The predicted molar refractivity (Wildman–Crippen MR) is 93.1 cm³/mol. The van der Waals surface area contributed by atoms with Crippen LogP contribution in [0.1, 0.15) is 24.0 Å². The van der Waals surface area contributed by atoms with Gasteiger partial charge in [0.05, 0.1) is 13.2 Å². The van der Waals surface area contributed by atoms with E-state index in [0.29, 0.717) is 0 Å². The molecule has 3 nitrogen and oxygen atoms in total. The Balaban J connectivity index is 1.36. The van der Waals surface area contributed by atoms with Gasteiger partial charge in [-0.15, -0.1) is 0 Å². The SMILES string of the molecule is CN1CCc2cc(OCCCCOc3ccccc3)ccc2C1. The van der Waals surface area contributed by atoms with Crippen LogP contribution in [0.2, 0.25) is 0 Å². The van der Waals surface area contributed by atoms with E-state index in [1.165, 1.54) is 11.1 Å². The first-order chi connectivity index (χ1) is 11.3. The van der Waals surface area contributed by atoms with Crippen LogP contribution in [0.15, 0.2) is 48.5 Å². The number of benzene rings is 2. The summed E-state index contributed by atoms with van der Waals surface area (Å²) in [5.74, 6) is 1.94. The summed E-state index contributed by atoms with van der Waals surface area (Å²) in [6.07, 6.45) is 3.13. The molecule has 0 unspecified atom stereocenters. The standard InChI is InChI=1S/C20H25NO2/c1-21-12-11-17-15-20(10-9-18(17)16-21)23-14-6-5-13-22-19-7-3-2-4-8-19/h2-4,7-10,15H,5-6,11-14,16H2,1H3. The fourth-order valence-electron chi connectivity index (χ4n) is 2.86. The van der Waals surface area contributed by atoms with E-state index in [1.54, 1.807) is 0 Å². The lowest BCUT2D eigenvalue weighted by Gasteiger charge is -2.25. The maximum absolute atomic E-state index is 5.88. The molecule has 1 aliphatic rings. The third-order valence-electron chi connectivity index (χ3n) is 4.20. The molecule has 1 aliphatic heterocycles. The van der Waals surface area contributed by atoms with Crippen molar-refractivity contribution < 1.29 is 9.47 Å². The van der Waals surface area contributed by atoms with Gasteiger partial charge in [0.2, 0.25) is 0 Å². The lowest BCUT2D eigenvalue weighted by molar-refractivity contribution is 0.265. The van der Waals surface area contributed by atoms with Gasteiger partial charge in [0.25, 0.3) is 0 Å². The van der Waals surface area contributed by atoms with Crippen LogP contribution >= 0.6 is 0 Å². The summed E-state index contributed by atoms with van der Waals surface area (Å²) in [6.45, 7) is 3.67. The van der Waals surface area contributed by atoms with E-state index in [2.05, 4.69) is 30.1 Å². The number of hydrogen-bond acceptors (Lipinski definition) is 3. The van der Waals surface area contributed by atoms with Crippen LogP contribution < -0.4 is 9.47 Å². The maximum atomic E-state index is 5.88. The van der Waals surface area contributed by atoms with Crippen LogP contribution in [0, 0.1) is 0 Å². The van der Waals surface area contributed by atoms with Gasteiger partial charge in [0.15, 0.2) is 0 Å². The zero-order chi connectivity index (χ0) is 15.9. The normalized spacial score (nSPS) is 14.3. The van der Waals surface area contributed by atoms with E-state index in [-0.39, 0.29) is 0 Å². The summed E-state index contributed by atoms with van der Waals surface area (Å²) < 4.78 is 11.6. The molecule has 0 fully saturated rings. The van der Waals surface area contributed by atoms with Crippen LogP contribution in [0.5, 0.6) is 11.5 Å². The molecule has 2 aromatic carbocycles. The van der Waals surface area contributed by atoms with Gasteiger partial charge in [0.1, 0.15) is 11.5 Å². The van der Waals surface area contributed by atoms with E-state index in [0.717, 1.165) is 57.1 Å². The van der Waals surface area contributed by atoms with E-state index < -0.39 is 0 Å². The molecule has 0 amide bonds. The van der Waals surface area contributed by atoms with E-state index in [9.17, 15) is 0 Å². The van der Waals surface area contributed by atoms with Crippen molar-refractivity contribution in [3.8, 4) is 11.5 Å². The van der Waals surface area contributed by atoms with E-state index in [1.807, 2.05) is 30.3 Å². The Bertz CT molecular complexity index is 612. The topological polar surface area (TPSA) is 21.7 Å². The average Bonchev–Trinajstić information content (AvgIpc) is 2.59. The van der Waals surface area contributed by atoms with Gasteiger partial charge < -0.3 is 14.4 Å². The summed E-state index contributed by atoms with van der Waals surface area (Å²) in [5, 5.41) is 0. The summed E-state index contributed by atoms with van der Waals surface area (Å²) in [5.41, 5.74) is 2.87. The molecular formula is C20H25NO2. The zero-order valence-corrected chi connectivity index (χ0v) is 13.8. The highest BCUT2D eigenvalue weighted by Gasteiger charge is 2.13. The second-order valence-electron chi connectivity index (χ2n) is 6.14. The predicted octanol–water partition coefficient (Wildman–Crippen LogP) is 3.91. The molecule has 0 aliphatic carbocycles. The second-order valence-corrected chi connectivity index (χ2v) is 6.14. The summed E-state index contributed by atoms with van der Waals surface area (Å²) in [7, 11) is 2.17. The number of hydrogen-bond donors (Lipinski definition) is 0. The molecule has 1 heterocycles. The van der Waals surface area contributed by atoms with Gasteiger partial charge in [0, 0.05) is 13.1 Å². The Morgan fingerprint density at radius 2 is 1.61 bits per heavy atom. The maximum Gasteiger partial charge on any atom is 0.119 e. The Morgan fingerprint density at radius 3 is 2.39 bits per heavy atom. The molecule has 3 rings (SSSR count). The molecule has 0 bridgehead atoms. The van der Waals surface area contributed by atoms with Crippen LogP contribution in [0.25, 0.3) is 0 Å². The van der Waals surface area contributed by atoms with E-state index in [4.69, 9.17) is 9.47 Å². The third kappa shape index (κ3) is 4.73. The van der Waals surface area contributed by atoms with Crippen LogP contribution in [0.3, 0.4) is 0 Å². The van der Waals surface area contributed by atoms with Crippen molar-refractivity contribution in [3.63, 3.8) is 0 Å². The summed E-state index contributed by atoms with van der Waals surface area (Å²) in [4.78, 5) is 2.36. The number of ether oxygens (including phenoxy) is 2. The quantitative estimate of drug-likeness (QED) is 0.724.